The topological polar surface area (TPSA) is 44.7 Å². The Morgan fingerprint density at radius 1 is 1.58 bits per heavy atom. The van der Waals surface area contributed by atoms with Gasteiger partial charge in [-0.05, 0) is 19.4 Å². The molecule has 2 aliphatic heterocycles. The van der Waals surface area contributed by atoms with Crippen LogP contribution in [-0.4, -0.2) is 36.2 Å². The Morgan fingerprint density at radius 3 is 3.11 bits per heavy atom. The van der Waals surface area contributed by atoms with Crippen molar-refractivity contribution in [1.29, 1.82) is 0 Å². The largest absolute Gasteiger partial charge is 0.381 e. The zero-order valence-electron chi connectivity index (χ0n) is 12.0. The lowest BCUT2D eigenvalue weighted by Crippen LogP contribution is -2.40. The molecule has 0 aromatic heterocycles. The average Bonchev–Trinajstić information content (AvgIpc) is 2.65. The number of carbonyl (C=O) groups is 1. The summed E-state index contributed by atoms with van der Waals surface area (Å²) in [6.45, 7) is 7.86. The number of aliphatic imine (C=N–C) groups is 1. The molecule has 4 heteroatoms. The van der Waals surface area contributed by atoms with Crippen LogP contribution >= 0.6 is 0 Å². The van der Waals surface area contributed by atoms with E-state index in [9.17, 15) is 4.79 Å². The minimum Gasteiger partial charge on any atom is -0.381 e. The number of hydrogen-bond acceptors (Lipinski definition) is 3. The first-order valence-corrected chi connectivity index (χ1v) is 7.15. The van der Waals surface area contributed by atoms with Crippen molar-refractivity contribution in [3.63, 3.8) is 0 Å². The molecule has 0 aromatic carbocycles. The van der Waals surface area contributed by atoms with Crippen molar-refractivity contribution in [3.05, 3.63) is 23.5 Å². The Morgan fingerprint density at radius 2 is 2.37 bits per heavy atom. The predicted octanol–water partition coefficient (Wildman–Crippen LogP) is 2.10. The van der Waals surface area contributed by atoms with Crippen molar-refractivity contribution < 1.29 is 4.79 Å². The van der Waals surface area contributed by atoms with Gasteiger partial charge in [-0.2, -0.15) is 0 Å². The van der Waals surface area contributed by atoms with Gasteiger partial charge in [-0.15, -0.1) is 0 Å². The lowest BCUT2D eigenvalue weighted by atomic mass is 10.1. The van der Waals surface area contributed by atoms with Crippen LogP contribution in [0, 0.1) is 5.92 Å². The lowest BCUT2D eigenvalue weighted by molar-refractivity contribution is -0.128. The maximum Gasteiger partial charge on any atom is 0.274 e. The molecule has 2 atom stereocenters. The van der Waals surface area contributed by atoms with E-state index in [4.69, 9.17) is 0 Å². The molecular formula is C15H23N3O. The van der Waals surface area contributed by atoms with E-state index in [1.54, 1.807) is 0 Å². The molecule has 0 aliphatic carbocycles. The van der Waals surface area contributed by atoms with E-state index in [1.807, 2.05) is 17.2 Å². The molecule has 0 spiro atoms. The third-order valence-corrected chi connectivity index (χ3v) is 3.63. The number of hydrogen-bond donors (Lipinski definition) is 1. The molecule has 2 unspecified atom stereocenters. The molecule has 0 saturated carbocycles. The first-order chi connectivity index (χ1) is 9.13. The van der Waals surface area contributed by atoms with Gasteiger partial charge in [-0.1, -0.05) is 26.3 Å². The fourth-order valence-electron chi connectivity index (χ4n) is 2.49. The second kappa shape index (κ2) is 6.04. The van der Waals surface area contributed by atoms with Crippen molar-refractivity contribution in [2.45, 2.75) is 39.7 Å². The highest BCUT2D eigenvalue weighted by Gasteiger charge is 2.27. The maximum atomic E-state index is 12.6. The van der Waals surface area contributed by atoms with Crippen LogP contribution in [0.4, 0.5) is 0 Å². The molecule has 1 N–H and O–H groups in total. The molecule has 0 saturated heterocycles. The fraction of sp³-hybridized carbons (Fsp3) is 0.600. The van der Waals surface area contributed by atoms with E-state index in [2.05, 4.69) is 37.2 Å². The number of amides is 1. The zero-order valence-corrected chi connectivity index (χ0v) is 12.0. The van der Waals surface area contributed by atoms with Crippen LogP contribution in [0.25, 0.3) is 0 Å². The first-order valence-electron chi connectivity index (χ1n) is 7.15. The summed E-state index contributed by atoms with van der Waals surface area (Å²) in [6.07, 6.45) is 8.01. The number of carbonyl (C=O) groups excluding carboxylic acids is 1. The predicted molar refractivity (Wildman–Crippen MR) is 77.9 cm³/mol. The summed E-state index contributed by atoms with van der Waals surface area (Å²) in [7, 11) is 0. The highest BCUT2D eigenvalue weighted by atomic mass is 16.2. The molecule has 1 amide bonds. The first kappa shape index (κ1) is 13.8. The van der Waals surface area contributed by atoms with Crippen LogP contribution in [0.2, 0.25) is 0 Å². The van der Waals surface area contributed by atoms with Gasteiger partial charge in [0.15, 0.2) is 5.70 Å². The van der Waals surface area contributed by atoms with Gasteiger partial charge in [-0.3, -0.25) is 9.79 Å². The van der Waals surface area contributed by atoms with Crippen molar-refractivity contribution in [3.8, 4) is 0 Å². The molecule has 0 bridgehead atoms. The number of allylic oxidation sites excluding steroid dienone is 2. The van der Waals surface area contributed by atoms with Gasteiger partial charge in [0, 0.05) is 31.3 Å². The van der Waals surface area contributed by atoms with E-state index in [1.165, 1.54) is 0 Å². The third-order valence-electron chi connectivity index (χ3n) is 3.63. The third kappa shape index (κ3) is 3.06. The highest BCUT2D eigenvalue weighted by molar-refractivity contribution is 5.96. The normalized spacial score (nSPS) is 24.7. The SMILES string of the molecule is CCCC(C)N1CCNC2=C(N=CC(C)C=C2)C1=O. The summed E-state index contributed by atoms with van der Waals surface area (Å²) in [4.78, 5) is 19.0. The lowest BCUT2D eigenvalue weighted by Gasteiger charge is -2.27. The van der Waals surface area contributed by atoms with Crippen molar-refractivity contribution in [2.75, 3.05) is 13.1 Å². The Hall–Kier alpha value is -1.58. The molecule has 0 radical (unpaired) electrons. The van der Waals surface area contributed by atoms with Crippen LogP contribution in [0.1, 0.15) is 33.6 Å². The van der Waals surface area contributed by atoms with Gasteiger partial charge in [0.05, 0.1) is 5.70 Å². The summed E-state index contributed by atoms with van der Waals surface area (Å²) in [6, 6.07) is 0.269. The Labute approximate surface area is 115 Å². The van der Waals surface area contributed by atoms with Crippen molar-refractivity contribution in [2.24, 2.45) is 10.9 Å². The van der Waals surface area contributed by atoms with E-state index < -0.39 is 0 Å². The molecule has 2 rings (SSSR count). The molecule has 2 heterocycles. The number of nitrogens with zero attached hydrogens (tertiary/aromatic N) is 2. The second-order valence-corrected chi connectivity index (χ2v) is 5.32. The Kier molecular flexibility index (Phi) is 4.40. The minimum atomic E-state index is 0.0518. The van der Waals surface area contributed by atoms with Gasteiger partial charge in [0.25, 0.3) is 5.91 Å². The summed E-state index contributed by atoms with van der Waals surface area (Å²) in [5.41, 5.74) is 1.41. The van der Waals surface area contributed by atoms with E-state index in [0.29, 0.717) is 5.70 Å². The van der Waals surface area contributed by atoms with Crippen LogP contribution in [0.5, 0.6) is 0 Å². The molecule has 19 heavy (non-hydrogen) atoms. The minimum absolute atomic E-state index is 0.0518. The van der Waals surface area contributed by atoms with E-state index >= 15 is 0 Å². The zero-order chi connectivity index (χ0) is 13.8. The summed E-state index contributed by atoms with van der Waals surface area (Å²) in [5, 5.41) is 3.32. The van der Waals surface area contributed by atoms with Gasteiger partial charge >= 0.3 is 0 Å². The molecular weight excluding hydrogens is 238 g/mol. The van der Waals surface area contributed by atoms with Crippen LogP contribution in [-0.2, 0) is 4.79 Å². The van der Waals surface area contributed by atoms with Gasteiger partial charge in [0.1, 0.15) is 0 Å². The molecule has 4 nitrogen and oxygen atoms in total. The maximum absolute atomic E-state index is 12.6. The van der Waals surface area contributed by atoms with Gasteiger partial charge in [-0.25, -0.2) is 0 Å². The van der Waals surface area contributed by atoms with E-state index in [0.717, 1.165) is 31.6 Å². The second-order valence-electron chi connectivity index (χ2n) is 5.32. The van der Waals surface area contributed by atoms with Crippen LogP contribution in [0.3, 0.4) is 0 Å². The standard InChI is InChI=1S/C15H23N3O/c1-4-5-12(3)18-9-8-16-13-7-6-11(2)10-17-14(13)15(18)19/h6-7,10-12,16H,4-5,8-9H2,1-3H3. The van der Waals surface area contributed by atoms with E-state index in [-0.39, 0.29) is 17.9 Å². The number of nitrogens with one attached hydrogen (secondary N) is 1. The molecule has 104 valence electrons. The molecule has 2 aliphatic rings. The van der Waals surface area contributed by atoms with Crippen molar-refractivity contribution >= 4 is 12.1 Å². The Balaban J connectivity index is 2.27. The molecule has 0 aromatic rings. The quantitative estimate of drug-likeness (QED) is 0.845. The smallest absolute Gasteiger partial charge is 0.274 e. The van der Waals surface area contributed by atoms with Gasteiger partial charge in [0.2, 0.25) is 0 Å². The highest BCUT2D eigenvalue weighted by Crippen LogP contribution is 2.19. The van der Waals surface area contributed by atoms with Gasteiger partial charge < -0.3 is 10.2 Å². The van der Waals surface area contributed by atoms with Crippen LogP contribution in [0.15, 0.2) is 28.5 Å². The monoisotopic (exact) mass is 261 g/mol. The van der Waals surface area contributed by atoms with Crippen molar-refractivity contribution in [1.82, 2.24) is 10.2 Å². The molecule has 0 fully saturated rings. The average molecular weight is 261 g/mol. The number of rotatable bonds is 3. The van der Waals surface area contributed by atoms with Crippen LogP contribution < -0.4 is 5.32 Å². The summed E-state index contributed by atoms with van der Waals surface area (Å²) in [5.74, 6) is 0.319. The summed E-state index contributed by atoms with van der Waals surface area (Å²) < 4.78 is 0. The summed E-state index contributed by atoms with van der Waals surface area (Å²) >= 11 is 0. The fourth-order valence-corrected chi connectivity index (χ4v) is 2.49. The Bertz CT molecular complexity index is 437.